The molecule has 0 bridgehead atoms. The third-order valence-corrected chi connectivity index (χ3v) is 6.77. The number of benzene rings is 1. The SMILES string of the molecule is Cc1nc2c(C(=O)N[C@@H]3CCC[C@@H](C)[C@H]3C)cnn2c(C)c1Cc1ccc(F)cc1. The molecule has 1 aromatic carbocycles. The van der Waals surface area contributed by atoms with E-state index in [0.29, 0.717) is 29.5 Å². The van der Waals surface area contributed by atoms with Gasteiger partial charge in [-0.25, -0.2) is 13.9 Å². The number of nitrogens with zero attached hydrogens (tertiary/aromatic N) is 3. The second-order valence-corrected chi connectivity index (χ2v) is 8.71. The summed E-state index contributed by atoms with van der Waals surface area (Å²) in [5.74, 6) is 0.728. The van der Waals surface area contributed by atoms with Crippen LogP contribution in [0.4, 0.5) is 4.39 Å². The largest absolute Gasteiger partial charge is 0.349 e. The molecule has 3 aromatic rings. The Hall–Kier alpha value is -2.76. The molecule has 4 rings (SSSR count). The van der Waals surface area contributed by atoms with Crippen LogP contribution in [0.15, 0.2) is 30.5 Å². The molecule has 1 saturated carbocycles. The van der Waals surface area contributed by atoms with E-state index in [4.69, 9.17) is 4.98 Å². The van der Waals surface area contributed by atoms with Crippen molar-refractivity contribution in [1.82, 2.24) is 19.9 Å². The zero-order valence-electron chi connectivity index (χ0n) is 18.1. The van der Waals surface area contributed by atoms with Crippen LogP contribution in [0.2, 0.25) is 0 Å². The van der Waals surface area contributed by atoms with Gasteiger partial charge in [0.25, 0.3) is 5.91 Å². The third-order valence-electron chi connectivity index (χ3n) is 6.77. The first-order valence-electron chi connectivity index (χ1n) is 10.7. The Morgan fingerprint density at radius 3 is 2.67 bits per heavy atom. The Balaban J connectivity index is 1.62. The minimum Gasteiger partial charge on any atom is -0.349 e. The zero-order chi connectivity index (χ0) is 21.4. The molecule has 2 aromatic heterocycles. The van der Waals surface area contributed by atoms with Gasteiger partial charge in [-0.15, -0.1) is 0 Å². The smallest absolute Gasteiger partial charge is 0.256 e. The van der Waals surface area contributed by atoms with Gasteiger partial charge in [0.1, 0.15) is 11.4 Å². The summed E-state index contributed by atoms with van der Waals surface area (Å²) >= 11 is 0. The van der Waals surface area contributed by atoms with Crippen LogP contribution in [0.3, 0.4) is 0 Å². The van der Waals surface area contributed by atoms with E-state index in [9.17, 15) is 9.18 Å². The molecule has 1 aliphatic rings. The lowest BCUT2D eigenvalue weighted by molar-refractivity contribution is 0.0892. The van der Waals surface area contributed by atoms with Gasteiger partial charge in [0.2, 0.25) is 0 Å². The molecule has 0 aliphatic heterocycles. The van der Waals surface area contributed by atoms with E-state index in [0.717, 1.165) is 35.4 Å². The standard InChI is InChI=1S/C24H29FN4O/c1-14-6-5-7-22(15(14)2)28-24(30)21-13-26-29-17(4)20(16(3)27-23(21)29)12-18-8-10-19(25)11-9-18/h8-11,13-15,22H,5-7,12H2,1-4H3,(H,28,30)/t14-,15-,22-/m1/s1. The molecule has 158 valence electrons. The Bertz CT molecular complexity index is 1070. The number of carbonyl (C=O) groups is 1. The van der Waals surface area contributed by atoms with Gasteiger partial charge < -0.3 is 5.32 Å². The predicted molar refractivity (Wildman–Crippen MR) is 115 cm³/mol. The van der Waals surface area contributed by atoms with Gasteiger partial charge in [0, 0.05) is 23.9 Å². The number of aromatic nitrogens is 3. The second kappa shape index (κ2) is 8.17. The number of hydrogen-bond acceptors (Lipinski definition) is 3. The summed E-state index contributed by atoms with van der Waals surface area (Å²) in [6, 6.07) is 6.70. The highest BCUT2D eigenvalue weighted by Crippen LogP contribution is 2.30. The van der Waals surface area contributed by atoms with Crippen LogP contribution in [0.5, 0.6) is 0 Å². The summed E-state index contributed by atoms with van der Waals surface area (Å²) < 4.78 is 15.0. The van der Waals surface area contributed by atoms with Crippen LogP contribution in [-0.4, -0.2) is 26.5 Å². The molecule has 1 N–H and O–H groups in total. The quantitative estimate of drug-likeness (QED) is 0.685. The van der Waals surface area contributed by atoms with E-state index in [1.165, 1.54) is 18.6 Å². The molecule has 0 radical (unpaired) electrons. The van der Waals surface area contributed by atoms with Crippen molar-refractivity contribution < 1.29 is 9.18 Å². The van der Waals surface area contributed by atoms with E-state index in [-0.39, 0.29) is 17.8 Å². The Labute approximate surface area is 176 Å². The molecular weight excluding hydrogens is 379 g/mol. The molecule has 1 fully saturated rings. The number of aryl methyl sites for hydroxylation is 2. The molecule has 6 heteroatoms. The number of hydrogen-bond donors (Lipinski definition) is 1. The maximum Gasteiger partial charge on any atom is 0.256 e. The summed E-state index contributed by atoms with van der Waals surface area (Å²) in [4.78, 5) is 17.8. The maximum absolute atomic E-state index is 13.2. The van der Waals surface area contributed by atoms with Gasteiger partial charge in [0.15, 0.2) is 5.65 Å². The number of carbonyl (C=O) groups excluding carboxylic acids is 1. The number of nitrogens with one attached hydrogen (secondary N) is 1. The number of amides is 1. The van der Waals surface area contributed by atoms with Gasteiger partial charge in [-0.3, -0.25) is 4.79 Å². The molecule has 0 unspecified atom stereocenters. The van der Waals surface area contributed by atoms with Gasteiger partial charge in [0.05, 0.1) is 6.20 Å². The Kier molecular flexibility index (Phi) is 5.58. The molecule has 0 spiro atoms. The summed E-state index contributed by atoms with van der Waals surface area (Å²) in [5, 5.41) is 7.68. The Morgan fingerprint density at radius 2 is 1.93 bits per heavy atom. The van der Waals surface area contributed by atoms with Crippen LogP contribution in [0.25, 0.3) is 5.65 Å². The van der Waals surface area contributed by atoms with Crippen LogP contribution < -0.4 is 5.32 Å². The fourth-order valence-electron chi connectivity index (χ4n) is 4.57. The van der Waals surface area contributed by atoms with E-state index >= 15 is 0 Å². The predicted octanol–water partition coefficient (Wildman–Crippen LogP) is 4.63. The molecule has 3 atom stereocenters. The van der Waals surface area contributed by atoms with Crippen LogP contribution >= 0.6 is 0 Å². The lowest BCUT2D eigenvalue weighted by Crippen LogP contribution is -2.43. The third kappa shape index (κ3) is 3.83. The number of rotatable bonds is 4. The normalized spacial score (nSPS) is 21.7. The average molecular weight is 409 g/mol. The van der Waals surface area contributed by atoms with Crippen molar-refractivity contribution >= 4 is 11.6 Å². The van der Waals surface area contributed by atoms with Crippen molar-refractivity contribution in [3.63, 3.8) is 0 Å². The van der Waals surface area contributed by atoms with Gasteiger partial charge >= 0.3 is 0 Å². The van der Waals surface area contributed by atoms with Crippen molar-refractivity contribution in [2.45, 2.75) is 59.4 Å². The highest BCUT2D eigenvalue weighted by atomic mass is 19.1. The second-order valence-electron chi connectivity index (χ2n) is 8.71. The molecule has 2 heterocycles. The summed E-state index contributed by atoms with van der Waals surface area (Å²) in [7, 11) is 0. The molecular formula is C24H29FN4O. The maximum atomic E-state index is 13.2. The first-order chi connectivity index (χ1) is 14.3. The lowest BCUT2D eigenvalue weighted by Gasteiger charge is -2.34. The minimum atomic E-state index is -0.245. The van der Waals surface area contributed by atoms with Crippen LogP contribution in [-0.2, 0) is 6.42 Å². The first-order valence-corrected chi connectivity index (χ1v) is 10.7. The fourth-order valence-corrected chi connectivity index (χ4v) is 4.57. The average Bonchev–Trinajstić information content (AvgIpc) is 3.14. The van der Waals surface area contributed by atoms with E-state index in [1.807, 2.05) is 13.8 Å². The van der Waals surface area contributed by atoms with Gasteiger partial charge in [-0.1, -0.05) is 38.8 Å². The molecule has 1 amide bonds. The van der Waals surface area contributed by atoms with Gasteiger partial charge in [-0.05, 0) is 55.4 Å². The van der Waals surface area contributed by atoms with E-state index < -0.39 is 0 Å². The van der Waals surface area contributed by atoms with Crippen molar-refractivity contribution in [1.29, 1.82) is 0 Å². The van der Waals surface area contributed by atoms with Crippen molar-refractivity contribution in [2.24, 2.45) is 11.8 Å². The minimum absolute atomic E-state index is 0.103. The molecule has 0 saturated heterocycles. The highest BCUT2D eigenvalue weighted by Gasteiger charge is 2.29. The molecule has 30 heavy (non-hydrogen) atoms. The topological polar surface area (TPSA) is 59.3 Å². The summed E-state index contributed by atoms with van der Waals surface area (Å²) in [6.45, 7) is 8.42. The highest BCUT2D eigenvalue weighted by molar-refractivity contribution is 5.99. The lowest BCUT2D eigenvalue weighted by atomic mass is 9.78. The number of fused-ring (bicyclic) bond motifs is 1. The Morgan fingerprint density at radius 1 is 1.20 bits per heavy atom. The van der Waals surface area contributed by atoms with Crippen LogP contribution in [0, 0.1) is 31.5 Å². The van der Waals surface area contributed by atoms with Gasteiger partial charge in [-0.2, -0.15) is 5.10 Å². The fraction of sp³-hybridized carbons (Fsp3) is 0.458. The van der Waals surface area contributed by atoms with Crippen molar-refractivity contribution in [3.05, 3.63) is 64.4 Å². The van der Waals surface area contributed by atoms with E-state index in [2.05, 4.69) is 24.3 Å². The monoisotopic (exact) mass is 408 g/mol. The zero-order valence-corrected chi connectivity index (χ0v) is 18.1. The summed E-state index contributed by atoms with van der Waals surface area (Å²) in [5.41, 5.74) is 4.95. The number of halogens is 1. The first kappa shape index (κ1) is 20.5. The van der Waals surface area contributed by atoms with E-state index in [1.54, 1.807) is 22.8 Å². The summed E-state index contributed by atoms with van der Waals surface area (Å²) in [6.07, 6.45) is 5.64. The van der Waals surface area contributed by atoms with Crippen LogP contribution in [0.1, 0.15) is 66.0 Å². The molecule has 1 aliphatic carbocycles. The van der Waals surface area contributed by atoms with Crippen molar-refractivity contribution in [2.75, 3.05) is 0 Å². The van der Waals surface area contributed by atoms with Crippen molar-refractivity contribution in [3.8, 4) is 0 Å². The molecule has 5 nitrogen and oxygen atoms in total.